The summed E-state index contributed by atoms with van der Waals surface area (Å²) in [6.07, 6.45) is 4.52. The molecule has 0 bridgehead atoms. The van der Waals surface area contributed by atoms with Gasteiger partial charge < -0.3 is 5.11 Å². The molecule has 0 atom stereocenters. The lowest BCUT2D eigenvalue weighted by molar-refractivity contribution is 0.249. The fraction of sp³-hybridized carbons (Fsp3) is 0.571. The number of aliphatic hydroxyl groups excluding tert-OH is 1. The van der Waals surface area contributed by atoms with E-state index in [1.54, 1.807) is 19.2 Å². The Morgan fingerprint density at radius 3 is 2.37 bits per heavy atom. The van der Waals surface area contributed by atoms with Gasteiger partial charge in [-0.2, -0.15) is 4.31 Å². The molecular formula is C14H21NO3S. The first-order valence-corrected chi connectivity index (χ1v) is 8.17. The van der Waals surface area contributed by atoms with Crippen LogP contribution >= 0.6 is 0 Å². The van der Waals surface area contributed by atoms with Gasteiger partial charge in [0.15, 0.2) is 0 Å². The second-order valence-electron chi connectivity index (χ2n) is 5.08. The highest BCUT2D eigenvalue weighted by Gasteiger charge is 2.31. The molecule has 1 aromatic carbocycles. The summed E-state index contributed by atoms with van der Waals surface area (Å²) in [5.41, 5.74) is 1.05. The van der Waals surface area contributed by atoms with E-state index in [4.69, 9.17) is 5.11 Å². The maximum absolute atomic E-state index is 12.4. The zero-order valence-corrected chi connectivity index (χ0v) is 12.1. The summed E-state index contributed by atoms with van der Waals surface area (Å²) in [5.74, 6) is 0. The van der Waals surface area contributed by atoms with E-state index in [0.29, 0.717) is 11.3 Å². The summed E-state index contributed by atoms with van der Waals surface area (Å²) in [7, 11) is -1.69. The lowest BCUT2D eigenvalue weighted by Gasteiger charge is -2.33. The molecule has 0 heterocycles. The predicted molar refractivity (Wildman–Crippen MR) is 74.4 cm³/mol. The van der Waals surface area contributed by atoms with Crippen molar-refractivity contribution in [1.29, 1.82) is 0 Å². The highest BCUT2D eigenvalue weighted by atomic mass is 32.2. The smallest absolute Gasteiger partial charge is 0.243 e. The van der Waals surface area contributed by atoms with Crippen LogP contribution in [0, 0.1) is 0 Å². The average molecular weight is 283 g/mol. The van der Waals surface area contributed by atoms with Crippen LogP contribution in [0.5, 0.6) is 0 Å². The zero-order chi connectivity index (χ0) is 13.9. The van der Waals surface area contributed by atoms with Gasteiger partial charge in [-0.1, -0.05) is 18.6 Å². The van der Waals surface area contributed by atoms with Gasteiger partial charge in [0.25, 0.3) is 0 Å². The van der Waals surface area contributed by atoms with Crippen molar-refractivity contribution in [2.75, 3.05) is 13.7 Å². The van der Waals surface area contributed by atoms with Gasteiger partial charge in [-0.3, -0.25) is 0 Å². The number of aryl methyl sites for hydroxylation is 1. The zero-order valence-electron chi connectivity index (χ0n) is 11.2. The first-order chi connectivity index (χ1) is 9.05. The summed E-state index contributed by atoms with van der Waals surface area (Å²) < 4.78 is 26.3. The van der Waals surface area contributed by atoms with Crippen LogP contribution in [0.25, 0.3) is 0 Å². The van der Waals surface area contributed by atoms with Crippen LogP contribution in [0.1, 0.15) is 31.2 Å². The quantitative estimate of drug-likeness (QED) is 0.866. The summed E-state index contributed by atoms with van der Waals surface area (Å²) in [6, 6.07) is 7.15. The van der Waals surface area contributed by atoms with Crippen LogP contribution in [0.3, 0.4) is 0 Å². The van der Waals surface area contributed by atoms with Gasteiger partial charge >= 0.3 is 0 Å². The molecule has 0 aliphatic heterocycles. The van der Waals surface area contributed by atoms with Crippen molar-refractivity contribution in [3.63, 3.8) is 0 Å². The van der Waals surface area contributed by atoms with Crippen LogP contribution in [-0.2, 0) is 16.4 Å². The number of benzene rings is 1. The third-order valence-corrected chi connectivity index (χ3v) is 5.74. The summed E-state index contributed by atoms with van der Waals surface area (Å²) in [4.78, 5) is 0.356. The molecule has 1 aliphatic rings. The molecule has 2 rings (SSSR count). The molecule has 106 valence electrons. The molecule has 1 fully saturated rings. The third-order valence-electron chi connectivity index (χ3n) is 3.81. The van der Waals surface area contributed by atoms with Crippen molar-refractivity contribution in [1.82, 2.24) is 4.31 Å². The molecule has 0 spiro atoms. The minimum absolute atomic E-state index is 0.157. The van der Waals surface area contributed by atoms with E-state index in [1.165, 1.54) is 4.31 Å². The SMILES string of the molecule is CN(C1CCC1)S(=O)(=O)c1ccc(CCCO)cc1. The van der Waals surface area contributed by atoms with Crippen LogP contribution in [0.2, 0.25) is 0 Å². The van der Waals surface area contributed by atoms with Gasteiger partial charge in [0.1, 0.15) is 0 Å². The summed E-state index contributed by atoms with van der Waals surface area (Å²) >= 11 is 0. The molecule has 0 unspecified atom stereocenters. The first-order valence-electron chi connectivity index (χ1n) is 6.73. The Hall–Kier alpha value is -0.910. The van der Waals surface area contributed by atoms with E-state index < -0.39 is 10.0 Å². The topological polar surface area (TPSA) is 57.6 Å². The number of rotatable bonds is 6. The van der Waals surface area contributed by atoms with Gasteiger partial charge in [-0.15, -0.1) is 0 Å². The van der Waals surface area contributed by atoms with Crippen molar-refractivity contribution in [3.8, 4) is 0 Å². The van der Waals surface area contributed by atoms with E-state index in [2.05, 4.69) is 0 Å². The van der Waals surface area contributed by atoms with E-state index in [1.807, 2.05) is 12.1 Å². The van der Waals surface area contributed by atoms with Gasteiger partial charge in [-0.25, -0.2) is 8.42 Å². The molecule has 4 nitrogen and oxygen atoms in total. The van der Waals surface area contributed by atoms with Crippen molar-refractivity contribution in [2.45, 2.75) is 43.0 Å². The van der Waals surface area contributed by atoms with E-state index in [-0.39, 0.29) is 12.6 Å². The number of hydrogen-bond acceptors (Lipinski definition) is 3. The summed E-state index contributed by atoms with van der Waals surface area (Å²) in [5, 5.41) is 8.78. The lowest BCUT2D eigenvalue weighted by atomic mass is 9.94. The molecule has 1 aromatic rings. The van der Waals surface area contributed by atoms with Gasteiger partial charge in [0.05, 0.1) is 4.90 Å². The van der Waals surface area contributed by atoms with Crippen molar-refractivity contribution in [2.24, 2.45) is 0 Å². The largest absolute Gasteiger partial charge is 0.396 e. The molecule has 19 heavy (non-hydrogen) atoms. The van der Waals surface area contributed by atoms with Crippen molar-refractivity contribution >= 4 is 10.0 Å². The Balaban J connectivity index is 2.11. The van der Waals surface area contributed by atoms with Crippen LogP contribution in [0.15, 0.2) is 29.2 Å². The monoisotopic (exact) mass is 283 g/mol. The Morgan fingerprint density at radius 1 is 1.26 bits per heavy atom. The second kappa shape index (κ2) is 6.03. The molecular weight excluding hydrogens is 262 g/mol. The minimum atomic E-state index is -3.35. The lowest BCUT2D eigenvalue weighted by Crippen LogP contribution is -2.41. The predicted octanol–water partition coefficient (Wildman–Crippen LogP) is 1.78. The molecule has 5 heteroatoms. The molecule has 0 amide bonds. The average Bonchev–Trinajstić information content (AvgIpc) is 2.34. The van der Waals surface area contributed by atoms with Crippen molar-refractivity contribution < 1.29 is 13.5 Å². The fourth-order valence-corrected chi connectivity index (χ4v) is 3.64. The van der Waals surface area contributed by atoms with E-state index >= 15 is 0 Å². The van der Waals surface area contributed by atoms with Gasteiger partial charge in [0.2, 0.25) is 10.0 Å². The highest BCUT2D eigenvalue weighted by Crippen LogP contribution is 2.28. The van der Waals surface area contributed by atoms with Crippen LogP contribution in [-0.4, -0.2) is 37.5 Å². The molecule has 0 saturated heterocycles. The first kappa shape index (κ1) is 14.5. The normalized spacial score (nSPS) is 16.6. The minimum Gasteiger partial charge on any atom is -0.396 e. The third kappa shape index (κ3) is 3.16. The highest BCUT2D eigenvalue weighted by molar-refractivity contribution is 7.89. The summed E-state index contributed by atoms with van der Waals surface area (Å²) in [6.45, 7) is 0.157. The van der Waals surface area contributed by atoms with E-state index in [0.717, 1.165) is 31.2 Å². The Labute approximate surface area is 115 Å². The fourth-order valence-electron chi connectivity index (χ4n) is 2.22. The molecule has 1 N–H and O–H groups in total. The van der Waals surface area contributed by atoms with Gasteiger partial charge in [-0.05, 0) is 43.4 Å². The standard InChI is InChI=1S/C14H21NO3S/c1-15(13-5-2-6-13)19(17,18)14-9-7-12(8-10-14)4-3-11-16/h7-10,13,16H,2-6,11H2,1H3. The molecule has 1 saturated carbocycles. The Morgan fingerprint density at radius 2 is 1.89 bits per heavy atom. The second-order valence-corrected chi connectivity index (χ2v) is 7.07. The molecule has 0 radical (unpaired) electrons. The van der Waals surface area contributed by atoms with Crippen LogP contribution in [0.4, 0.5) is 0 Å². The number of hydrogen-bond donors (Lipinski definition) is 1. The Bertz CT molecular complexity index is 506. The maximum Gasteiger partial charge on any atom is 0.243 e. The van der Waals surface area contributed by atoms with Crippen molar-refractivity contribution in [3.05, 3.63) is 29.8 Å². The van der Waals surface area contributed by atoms with E-state index in [9.17, 15) is 8.42 Å². The number of aliphatic hydroxyl groups is 1. The number of nitrogens with zero attached hydrogens (tertiary/aromatic N) is 1. The maximum atomic E-state index is 12.4. The van der Waals surface area contributed by atoms with Gasteiger partial charge in [0, 0.05) is 19.7 Å². The number of sulfonamides is 1. The molecule has 1 aliphatic carbocycles. The molecule has 0 aromatic heterocycles. The van der Waals surface area contributed by atoms with Crippen LogP contribution < -0.4 is 0 Å². The Kier molecular flexibility index (Phi) is 4.60.